The molecular weight excluding hydrogens is 548 g/mol. The normalized spacial score (nSPS) is 37.2. The van der Waals surface area contributed by atoms with E-state index >= 15 is 0 Å². The number of hydrogen-bond acceptors (Lipinski definition) is 14. The fourth-order valence-electron chi connectivity index (χ4n) is 5.07. The van der Waals surface area contributed by atoms with Gasteiger partial charge in [-0.2, -0.15) is 0 Å². The molecule has 0 saturated carbocycles. The molecule has 3 aliphatic heterocycles. The first-order chi connectivity index (χ1) is 19.5. The molecule has 0 amide bonds. The second-order valence-electron chi connectivity index (χ2n) is 10.2. The summed E-state index contributed by atoms with van der Waals surface area (Å²) in [4.78, 5) is 12.9. The first-order valence-corrected chi connectivity index (χ1v) is 13.0. The number of Topliss-reactive ketones (excluding diaryl/α,β-unsaturated/α-hetero) is 1. The predicted octanol–water partition coefficient (Wildman–Crippen LogP) is -1.17. The second kappa shape index (κ2) is 11.7. The van der Waals surface area contributed by atoms with Gasteiger partial charge in [0.25, 0.3) is 0 Å². The topological polar surface area (TPSA) is 225 Å². The van der Waals surface area contributed by atoms with E-state index in [4.69, 9.17) is 23.7 Å². The van der Waals surface area contributed by atoms with Gasteiger partial charge in [-0.25, -0.2) is 0 Å². The summed E-state index contributed by atoms with van der Waals surface area (Å²) in [5, 5.41) is 81.6. The van der Waals surface area contributed by atoms with Gasteiger partial charge in [-0.15, -0.1) is 0 Å². The van der Waals surface area contributed by atoms with Crippen molar-refractivity contribution in [1.29, 1.82) is 0 Å². The number of rotatable bonds is 6. The molecule has 41 heavy (non-hydrogen) atoms. The minimum atomic E-state index is -1.75. The Kier molecular flexibility index (Phi) is 8.39. The highest BCUT2D eigenvalue weighted by Crippen LogP contribution is 2.43. The maximum Gasteiger partial charge on any atom is 0.229 e. The zero-order valence-electron chi connectivity index (χ0n) is 21.8. The first-order valence-electron chi connectivity index (χ1n) is 13.0. The molecule has 2 aromatic rings. The molecule has 2 saturated heterocycles. The van der Waals surface area contributed by atoms with E-state index < -0.39 is 85.7 Å². The summed E-state index contributed by atoms with van der Waals surface area (Å²) in [6, 6.07) is 8.50. The van der Waals surface area contributed by atoms with E-state index in [1.807, 2.05) is 0 Å². The number of ketones is 1. The van der Waals surface area contributed by atoms with Crippen LogP contribution in [0.3, 0.4) is 0 Å². The van der Waals surface area contributed by atoms with Crippen LogP contribution >= 0.6 is 0 Å². The zero-order valence-corrected chi connectivity index (χ0v) is 21.8. The van der Waals surface area contributed by atoms with E-state index in [2.05, 4.69) is 0 Å². The van der Waals surface area contributed by atoms with Crippen molar-refractivity contribution in [3.63, 3.8) is 0 Å². The van der Waals surface area contributed by atoms with Gasteiger partial charge in [0, 0.05) is 12.1 Å². The summed E-state index contributed by atoms with van der Waals surface area (Å²) in [5.74, 6) is -0.947. The number of fused-ring (bicyclic) bond motifs is 1. The molecule has 3 heterocycles. The molecule has 5 rings (SSSR count). The van der Waals surface area contributed by atoms with Gasteiger partial charge in [-0.3, -0.25) is 4.79 Å². The van der Waals surface area contributed by atoms with Crippen molar-refractivity contribution in [3.8, 4) is 23.0 Å². The number of carbonyl (C=O) groups excluding carboxylic acids is 1. The Hall–Kier alpha value is -3.05. The molecule has 0 bridgehead atoms. The minimum absolute atomic E-state index is 0.0149. The lowest BCUT2D eigenvalue weighted by atomic mass is 9.95. The van der Waals surface area contributed by atoms with Crippen molar-refractivity contribution in [2.45, 2.75) is 80.9 Å². The fourth-order valence-corrected chi connectivity index (χ4v) is 5.07. The summed E-state index contributed by atoms with van der Waals surface area (Å²) in [7, 11) is 0. The largest absolute Gasteiger partial charge is 0.508 e. The lowest BCUT2D eigenvalue weighted by molar-refractivity contribution is -0.354. The van der Waals surface area contributed by atoms with Crippen LogP contribution in [0.2, 0.25) is 0 Å². The molecule has 0 aromatic heterocycles. The Balaban J connectivity index is 1.41. The van der Waals surface area contributed by atoms with Gasteiger partial charge >= 0.3 is 0 Å². The third-order valence-electron chi connectivity index (χ3n) is 7.42. The van der Waals surface area contributed by atoms with Gasteiger partial charge in [-0.1, -0.05) is 12.1 Å². The molecule has 224 valence electrons. The highest BCUT2D eigenvalue weighted by molar-refractivity contribution is 6.02. The van der Waals surface area contributed by atoms with Crippen LogP contribution in [0, 0.1) is 0 Å². The smallest absolute Gasteiger partial charge is 0.229 e. The molecule has 2 aromatic carbocycles. The maximum absolute atomic E-state index is 12.9. The van der Waals surface area contributed by atoms with E-state index in [-0.39, 0.29) is 29.2 Å². The molecule has 11 atom stereocenters. The third kappa shape index (κ3) is 5.70. The monoisotopic (exact) mass is 580 g/mol. The zero-order chi connectivity index (χ0) is 29.6. The van der Waals surface area contributed by atoms with E-state index in [0.717, 1.165) is 6.07 Å². The summed E-state index contributed by atoms with van der Waals surface area (Å²) < 4.78 is 28.6. The molecule has 2 fully saturated rings. The van der Waals surface area contributed by atoms with Crippen LogP contribution in [0.5, 0.6) is 23.0 Å². The number of aliphatic hydroxyl groups is 6. The van der Waals surface area contributed by atoms with Crippen LogP contribution in [0.4, 0.5) is 0 Å². The van der Waals surface area contributed by atoms with E-state index in [9.17, 15) is 45.6 Å². The molecule has 0 radical (unpaired) electrons. The number of phenols is 2. The number of hydrogen-bond donors (Lipinski definition) is 8. The molecular formula is C27H32O14. The summed E-state index contributed by atoms with van der Waals surface area (Å²) in [6.07, 6.45) is -16.0. The van der Waals surface area contributed by atoms with Crippen LogP contribution in [0.15, 0.2) is 36.4 Å². The van der Waals surface area contributed by atoms with Gasteiger partial charge in [0.05, 0.1) is 19.1 Å². The highest BCUT2D eigenvalue weighted by atomic mass is 16.8. The quantitative estimate of drug-likeness (QED) is 0.202. The number of benzene rings is 2. The van der Waals surface area contributed by atoms with Crippen LogP contribution in [0.25, 0.3) is 0 Å². The summed E-state index contributed by atoms with van der Waals surface area (Å²) >= 11 is 0. The van der Waals surface area contributed by atoms with Crippen molar-refractivity contribution in [1.82, 2.24) is 0 Å². The summed E-state index contributed by atoms with van der Waals surface area (Å²) in [5.41, 5.74) is 0.529. The van der Waals surface area contributed by atoms with Crippen LogP contribution in [-0.2, 0) is 14.2 Å². The number of ether oxygens (including phenoxy) is 5. The highest BCUT2D eigenvalue weighted by Gasteiger charge is 2.51. The van der Waals surface area contributed by atoms with Gasteiger partial charge < -0.3 is 64.5 Å². The standard InChI is InChI=1S/C27H32O14/c1-10-20(32)22(34)24(36)26(37-10)41-25-23(35)21(33)18(9-28)40-27(25)38-13-6-14(30)19-15(31)8-16(39-17(19)7-13)11-2-4-12(29)5-3-11/h2-7,10,16,18,20-30,32-36H,8-9H2,1H3/t10?,16-,18?,20?,21?,22?,23?,24?,25?,26?,27?/m0/s1. The maximum atomic E-state index is 12.9. The van der Waals surface area contributed by atoms with Crippen LogP contribution < -0.4 is 9.47 Å². The molecule has 14 nitrogen and oxygen atoms in total. The fraction of sp³-hybridized carbons (Fsp3) is 0.519. The number of aromatic hydroxyl groups is 2. The Morgan fingerprint density at radius 2 is 1.59 bits per heavy atom. The van der Waals surface area contributed by atoms with Crippen molar-refractivity contribution in [2.24, 2.45) is 0 Å². The second-order valence-corrected chi connectivity index (χ2v) is 10.2. The Morgan fingerprint density at radius 1 is 0.878 bits per heavy atom. The van der Waals surface area contributed by atoms with Gasteiger partial charge in [-0.05, 0) is 24.6 Å². The van der Waals surface area contributed by atoms with E-state index in [1.165, 1.54) is 25.1 Å². The van der Waals surface area contributed by atoms with Crippen LogP contribution in [0.1, 0.15) is 35.4 Å². The Morgan fingerprint density at radius 3 is 2.27 bits per heavy atom. The Bertz CT molecular complexity index is 1240. The first kappa shape index (κ1) is 29.4. The molecule has 0 aliphatic carbocycles. The van der Waals surface area contributed by atoms with Gasteiger partial charge in [0.2, 0.25) is 6.29 Å². The van der Waals surface area contributed by atoms with Crippen molar-refractivity contribution < 1.29 is 69.3 Å². The van der Waals surface area contributed by atoms with Gasteiger partial charge in [0.15, 0.2) is 18.2 Å². The lowest BCUT2D eigenvalue weighted by Gasteiger charge is -2.45. The summed E-state index contributed by atoms with van der Waals surface area (Å²) in [6.45, 7) is 0.716. The van der Waals surface area contributed by atoms with Crippen molar-refractivity contribution >= 4 is 5.78 Å². The molecule has 3 aliphatic rings. The average Bonchev–Trinajstić information content (AvgIpc) is 2.94. The van der Waals surface area contributed by atoms with Crippen molar-refractivity contribution in [2.75, 3.05) is 6.61 Å². The number of phenolic OH excluding ortho intramolecular Hbond substituents is 2. The molecule has 0 spiro atoms. The van der Waals surface area contributed by atoms with Gasteiger partial charge in [0.1, 0.15) is 71.3 Å². The van der Waals surface area contributed by atoms with E-state index in [1.54, 1.807) is 12.1 Å². The number of carbonyl (C=O) groups is 1. The predicted molar refractivity (Wildman–Crippen MR) is 134 cm³/mol. The molecule has 8 N–H and O–H groups in total. The average molecular weight is 581 g/mol. The van der Waals surface area contributed by atoms with E-state index in [0.29, 0.717) is 5.56 Å². The molecule has 14 heteroatoms. The van der Waals surface area contributed by atoms with Crippen LogP contribution in [-0.4, -0.2) is 115 Å². The minimum Gasteiger partial charge on any atom is -0.508 e. The lowest BCUT2D eigenvalue weighted by Crippen LogP contribution is -2.64. The molecule has 10 unspecified atom stereocenters. The third-order valence-corrected chi connectivity index (χ3v) is 7.42. The van der Waals surface area contributed by atoms with Crippen molar-refractivity contribution in [3.05, 3.63) is 47.5 Å². The SMILES string of the molecule is CC1OC(OC2C(Oc3cc(O)c4c(c3)O[C@H](c3ccc(O)cc3)CC4=O)OC(CO)C(O)C2O)C(O)C(O)C1O. The number of aliphatic hydroxyl groups excluding tert-OH is 6. The Labute approximate surface area is 233 Å².